The molecule has 0 aliphatic carbocycles. The standard InChI is InChI=1S/C24H29NO8S/c1-5-32-24(27)17-25(14-15-30-3)23(26)13-9-19-8-12-21(22(16-19)31-4)33-34(28,29)20-10-6-18(2)7-11-20/h6-13,16H,5,14-15,17H2,1-4H3/b13-9+. The summed E-state index contributed by atoms with van der Waals surface area (Å²) in [6, 6.07) is 10.8. The molecule has 0 heterocycles. The molecule has 1 amide bonds. The third-order valence-electron chi connectivity index (χ3n) is 4.62. The number of carbonyl (C=O) groups excluding carboxylic acids is 2. The van der Waals surface area contributed by atoms with Gasteiger partial charge in [-0.25, -0.2) is 0 Å². The van der Waals surface area contributed by atoms with Crippen LogP contribution in [0, 0.1) is 6.92 Å². The van der Waals surface area contributed by atoms with Crippen molar-refractivity contribution in [2.45, 2.75) is 18.7 Å². The van der Waals surface area contributed by atoms with Crippen LogP contribution >= 0.6 is 0 Å². The van der Waals surface area contributed by atoms with E-state index in [-0.39, 0.29) is 42.7 Å². The summed E-state index contributed by atoms with van der Waals surface area (Å²) in [7, 11) is -1.17. The van der Waals surface area contributed by atoms with Gasteiger partial charge in [-0.1, -0.05) is 23.8 Å². The van der Waals surface area contributed by atoms with Crippen molar-refractivity contribution in [2.24, 2.45) is 0 Å². The fourth-order valence-corrected chi connectivity index (χ4v) is 3.77. The average Bonchev–Trinajstić information content (AvgIpc) is 2.81. The summed E-state index contributed by atoms with van der Waals surface area (Å²) in [5.74, 6) is -0.742. The maximum atomic E-state index is 12.6. The Morgan fingerprint density at radius 3 is 2.35 bits per heavy atom. The molecule has 0 atom stereocenters. The number of amides is 1. The van der Waals surface area contributed by atoms with E-state index in [1.807, 2.05) is 6.92 Å². The first kappa shape index (κ1) is 26.9. The fourth-order valence-electron chi connectivity index (χ4n) is 2.83. The van der Waals surface area contributed by atoms with Gasteiger partial charge in [0.1, 0.15) is 11.4 Å². The molecule has 0 bridgehead atoms. The van der Waals surface area contributed by atoms with Gasteiger partial charge in [0.15, 0.2) is 11.5 Å². The van der Waals surface area contributed by atoms with E-state index in [1.54, 1.807) is 25.1 Å². The first-order chi connectivity index (χ1) is 16.2. The largest absolute Gasteiger partial charge is 0.493 e. The number of methoxy groups -OCH3 is 2. The van der Waals surface area contributed by atoms with Gasteiger partial charge in [0, 0.05) is 19.7 Å². The van der Waals surface area contributed by atoms with Crippen molar-refractivity contribution in [3.05, 3.63) is 59.7 Å². The zero-order valence-corrected chi connectivity index (χ0v) is 20.5. The maximum Gasteiger partial charge on any atom is 0.339 e. The number of ether oxygens (including phenoxy) is 3. The molecule has 0 spiro atoms. The van der Waals surface area contributed by atoms with Crippen LogP contribution in [0.5, 0.6) is 11.5 Å². The molecule has 0 radical (unpaired) electrons. The summed E-state index contributed by atoms with van der Waals surface area (Å²) in [4.78, 5) is 25.7. The Morgan fingerprint density at radius 1 is 1.03 bits per heavy atom. The summed E-state index contributed by atoms with van der Waals surface area (Å²) in [6.07, 6.45) is 2.82. The van der Waals surface area contributed by atoms with E-state index in [0.29, 0.717) is 5.56 Å². The Labute approximate surface area is 200 Å². The van der Waals surface area contributed by atoms with Gasteiger partial charge < -0.3 is 23.3 Å². The van der Waals surface area contributed by atoms with Crippen LogP contribution in [0.3, 0.4) is 0 Å². The van der Waals surface area contributed by atoms with Crippen molar-refractivity contribution >= 4 is 28.1 Å². The van der Waals surface area contributed by atoms with E-state index in [2.05, 4.69) is 0 Å². The Morgan fingerprint density at radius 2 is 1.74 bits per heavy atom. The topological polar surface area (TPSA) is 108 Å². The van der Waals surface area contributed by atoms with Crippen molar-refractivity contribution in [1.82, 2.24) is 4.90 Å². The monoisotopic (exact) mass is 491 g/mol. The Kier molecular flexibility index (Phi) is 10.1. The van der Waals surface area contributed by atoms with E-state index < -0.39 is 22.0 Å². The molecular formula is C24H29NO8S. The highest BCUT2D eigenvalue weighted by molar-refractivity contribution is 7.87. The predicted molar refractivity (Wildman–Crippen MR) is 126 cm³/mol. The number of nitrogens with zero attached hydrogens (tertiary/aromatic N) is 1. The molecule has 0 saturated heterocycles. The number of aryl methyl sites for hydroxylation is 1. The van der Waals surface area contributed by atoms with Gasteiger partial charge in [-0.05, 0) is 49.8 Å². The lowest BCUT2D eigenvalue weighted by atomic mass is 10.2. The van der Waals surface area contributed by atoms with E-state index in [1.165, 1.54) is 55.5 Å². The van der Waals surface area contributed by atoms with Crippen molar-refractivity contribution in [3.63, 3.8) is 0 Å². The second-order valence-corrected chi connectivity index (χ2v) is 8.70. The maximum absolute atomic E-state index is 12.6. The Hall–Kier alpha value is -3.37. The van der Waals surface area contributed by atoms with Crippen LogP contribution in [-0.2, 0) is 29.2 Å². The van der Waals surface area contributed by atoms with Gasteiger partial charge in [0.25, 0.3) is 0 Å². The number of carbonyl (C=O) groups is 2. The molecule has 2 aromatic carbocycles. The fraction of sp³-hybridized carbons (Fsp3) is 0.333. The molecule has 0 N–H and O–H groups in total. The molecule has 0 fully saturated rings. The quantitative estimate of drug-likeness (QED) is 0.253. The number of benzene rings is 2. The molecule has 0 aliphatic rings. The summed E-state index contributed by atoms with van der Waals surface area (Å²) in [5.41, 5.74) is 1.48. The number of hydrogen-bond donors (Lipinski definition) is 0. The van der Waals surface area contributed by atoms with Gasteiger partial charge in [-0.3, -0.25) is 9.59 Å². The summed E-state index contributed by atoms with van der Waals surface area (Å²) < 4.78 is 45.6. The minimum Gasteiger partial charge on any atom is -0.493 e. The van der Waals surface area contributed by atoms with E-state index >= 15 is 0 Å². The van der Waals surface area contributed by atoms with Crippen LogP contribution in [0.15, 0.2) is 53.4 Å². The van der Waals surface area contributed by atoms with Gasteiger partial charge in [-0.15, -0.1) is 0 Å². The zero-order valence-electron chi connectivity index (χ0n) is 19.6. The molecule has 9 nitrogen and oxygen atoms in total. The third kappa shape index (κ3) is 7.89. The van der Waals surface area contributed by atoms with Crippen molar-refractivity contribution in [1.29, 1.82) is 0 Å². The van der Waals surface area contributed by atoms with Crippen LogP contribution in [0.25, 0.3) is 6.08 Å². The molecule has 2 rings (SSSR count). The van der Waals surface area contributed by atoms with Gasteiger partial charge in [0.2, 0.25) is 5.91 Å². The van der Waals surface area contributed by atoms with E-state index in [0.717, 1.165) is 5.56 Å². The van der Waals surface area contributed by atoms with Crippen LogP contribution in [0.2, 0.25) is 0 Å². The lowest BCUT2D eigenvalue weighted by molar-refractivity contribution is -0.148. The molecule has 0 saturated carbocycles. The van der Waals surface area contributed by atoms with Gasteiger partial charge in [-0.2, -0.15) is 8.42 Å². The van der Waals surface area contributed by atoms with Crippen molar-refractivity contribution in [2.75, 3.05) is 40.5 Å². The Bertz CT molecular complexity index is 1110. The predicted octanol–water partition coefficient (Wildman–Crippen LogP) is 2.82. The first-order valence-corrected chi connectivity index (χ1v) is 11.9. The summed E-state index contributed by atoms with van der Waals surface area (Å²) >= 11 is 0. The van der Waals surface area contributed by atoms with Crippen molar-refractivity contribution < 1.29 is 36.4 Å². The summed E-state index contributed by atoms with van der Waals surface area (Å²) in [6.45, 7) is 4.03. The molecule has 184 valence electrons. The Balaban J connectivity index is 2.17. The van der Waals surface area contributed by atoms with Crippen LogP contribution in [-0.4, -0.2) is 65.7 Å². The highest BCUT2D eigenvalue weighted by atomic mass is 32.2. The second-order valence-electron chi connectivity index (χ2n) is 7.15. The number of rotatable bonds is 12. The minimum absolute atomic E-state index is 0.00980. The lowest BCUT2D eigenvalue weighted by Crippen LogP contribution is -2.37. The molecule has 34 heavy (non-hydrogen) atoms. The van der Waals surface area contributed by atoms with Crippen LogP contribution in [0.4, 0.5) is 0 Å². The van der Waals surface area contributed by atoms with Gasteiger partial charge in [0.05, 0.1) is 20.3 Å². The number of esters is 1. The molecular weight excluding hydrogens is 462 g/mol. The first-order valence-electron chi connectivity index (χ1n) is 10.5. The zero-order chi connectivity index (χ0) is 25.1. The van der Waals surface area contributed by atoms with Crippen LogP contribution < -0.4 is 8.92 Å². The SMILES string of the molecule is CCOC(=O)CN(CCOC)C(=O)/C=C/c1ccc(OS(=O)(=O)c2ccc(C)cc2)c(OC)c1. The molecule has 0 aliphatic heterocycles. The molecule has 2 aromatic rings. The molecule has 0 aromatic heterocycles. The van der Waals surface area contributed by atoms with Crippen molar-refractivity contribution in [3.8, 4) is 11.5 Å². The highest BCUT2D eigenvalue weighted by Gasteiger charge is 2.19. The van der Waals surface area contributed by atoms with E-state index in [9.17, 15) is 18.0 Å². The minimum atomic E-state index is -4.05. The van der Waals surface area contributed by atoms with E-state index in [4.69, 9.17) is 18.4 Å². The molecule has 10 heteroatoms. The van der Waals surface area contributed by atoms with Crippen LogP contribution in [0.1, 0.15) is 18.1 Å². The normalized spacial score (nSPS) is 11.3. The second kappa shape index (κ2) is 12.8. The molecule has 0 unspecified atom stereocenters. The summed E-state index contributed by atoms with van der Waals surface area (Å²) in [5, 5.41) is 0. The highest BCUT2D eigenvalue weighted by Crippen LogP contribution is 2.31. The average molecular weight is 492 g/mol. The third-order valence-corrected chi connectivity index (χ3v) is 5.87. The lowest BCUT2D eigenvalue weighted by Gasteiger charge is -2.19. The smallest absolute Gasteiger partial charge is 0.339 e. The number of hydrogen-bond acceptors (Lipinski definition) is 8. The van der Waals surface area contributed by atoms with Gasteiger partial charge >= 0.3 is 16.1 Å².